The summed E-state index contributed by atoms with van der Waals surface area (Å²) in [6.07, 6.45) is 0. The second-order valence-corrected chi connectivity index (χ2v) is 7.91. The number of ether oxygens (including phenoxy) is 2. The van der Waals surface area contributed by atoms with Gasteiger partial charge in [0, 0.05) is 0 Å². The quantitative estimate of drug-likeness (QED) is 0.819. The van der Waals surface area contributed by atoms with Crippen LogP contribution in [-0.2, 0) is 0 Å². The highest BCUT2D eigenvalue weighted by Gasteiger charge is 2.18. The Morgan fingerprint density at radius 3 is 2.53 bits per heavy atom. The smallest absolute Gasteiger partial charge is 0.161 e. The SMILES string of the molecule is NC(c1ccc2c(c1)OCCO2)c1cc(Br)sc1Br. The molecule has 0 aliphatic carbocycles. The van der Waals surface area contributed by atoms with Gasteiger partial charge >= 0.3 is 0 Å². The van der Waals surface area contributed by atoms with Crippen LogP contribution in [0.3, 0.4) is 0 Å². The lowest BCUT2D eigenvalue weighted by Gasteiger charge is -2.20. The molecule has 2 aromatic rings. The van der Waals surface area contributed by atoms with E-state index in [4.69, 9.17) is 15.2 Å². The molecule has 1 aromatic carbocycles. The van der Waals surface area contributed by atoms with Gasteiger partial charge < -0.3 is 15.2 Å². The summed E-state index contributed by atoms with van der Waals surface area (Å²) in [5, 5.41) is 0. The summed E-state index contributed by atoms with van der Waals surface area (Å²) in [6, 6.07) is 7.70. The molecule has 1 atom stereocenters. The van der Waals surface area contributed by atoms with Crippen LogP contribution in [0.4, 0.5) is 0 Å². The van der Waals surface area contributed by atoms with Gasteiger partial charge in [0.05, 0.1) is 13.6 Å². The normalized spacial score (nSPS) is 15.3. The van der Waals surface area contributed by atoms with Crippen molar-refractivity contribution in [2.24, 2.45) is 5.73 Å². The first-order valence-electron chi connectivity index (χ1n) is 5.75. The van der Waals surface area contributed by atoms with Gasteiger partial charge in [0.25, 0.3) is 0 Å². The number of thiophene rings is 1. The van der Waals surface area contributed by atoms with Crippen LogP contribution >= 0.6 is 43.2 Å². The van der Waals surface area contributed by atoms with Crippen LogP contribution < -0.4 is 15.2 Å². The molecule has 3 nitrogen and oxygen atoms in total. The number of hydrogen-bond donors (Lipinski definition) is 1. The van der Waals surface area contributed by atoms with Gasteiger partial charge in [0.1, 0.15) is 13.2 Å². The Hall–Kier alpha value is -0.560. The summed E-state index contributed by atoms with van der Waals surface area (Å²) in [5.41, 5.74) is 8.40. The monoisotopic (exact) mass is 403 g/mol. The molecule has 1 aliphatic heterocycles. The Kier molecular flexibility index (Phi) is 3.84. The van der Waals surface area contributed by atoms with E-state index in [1.165, 1.54) is 0 Å². The predicted octanol–water partition coefficient (Wildman–Crippen LogP) is 4.09. The van der Waals surface area contributed by atoms with Crippen LogP contribution in [0.25, 0.3) is 0 Å². The Morgan fingerprint density at radius 1 is 1.11 bits per heavy atom. The van der Waals surface area contributed by atoms with Gasteiger partial charge in [0.15, 0.2) is 11.5 Å². The highest BCUT2D eigenvalue weighted by molar-refractivity contribution is 9.12. The van der Waals surface area contributed by atoms with Crippen molar-refractivity contribution in [3.63, 3.8) is 0 Å². The minimum Gasteiger partial charge on any atom is -0.486 e. The van der Waals surface area contributed by atoms with Crippen molar-refractivity contribution in [3.8, 4) is 11.5 Å². The number of halogens is 2. The maximum Gasteiger partial charge on any atom is 0.161 e. The van der Waals surface area contributed by atoms with Crippen molar-refractivity contribution in [1.82, 2.24) is 0 Å². The molecule has 1 aliphatic rings. The number of fused-ring (bicyclic) bond motifs is 1. The van der Waals surface area contributed by atoms with Crippen molar-refractivity contribution < 1.29 is 9.47 Å². The van der Waals surface area contributed by atoms with Crippen LogP contribution in [0.1, 0.15) is 17.2 Å². The predicted molar refractivity (Wildman–Crippen MR) is 83.2 cm³/mol. The van der Waals surface area contributed by atoms with E-state index in [-0.39, 0.29) is 6.04 Å². The zero-order chi connectivity index (χ0) is 13.4. The minimum atomic E-state index is -0.187. The molecule has 2 N–H and O–H groups in total. The van der Waals surface area contributed by atoms with E-state index in [0.29, 0.717) is 13.2 Å². The zero-order valence-corrected chi connectivity index (χ0v) is 13.8. The van der Waals surface area contributed by atoms with Crippen LogP contribution in [0, 0.1) is 0 Å². The molecule has 1 unspecified atom stereocenters. The van der Waals surface area contributed by atoms with Crippen LogP contribution in [0.5, 0.6) is 11.5 Å². The zero-order valence-electron chi connectivity index (χ0n) is 9.86. The molecule has 1 aromatic heterocycles. The van der Waals surface area contributed by atoms with E-state index in [0.717, 1.165) is 30.2 Å². The van der Waals surface area contributed by atoms with Crippen molar-refractivity contribution >= 4 is 43.2 Å². The van der Waals surface area contributed by atoms with Crippen LogP contribution in [0.2, 0.25) is 0 Å². The van der Waals surface area contributed by atoms with E-state index in [1.54, 1.807) is 11.3 Å². The molecule has 100 valence electrons. The molecule has 0 saturated heterocycles. The first kappa shape index (κ1) is 13.4. The molecule has 6 heteroatoms. The van der Waals surface area contributed by atoms with E-state index >= 15 is 0 Å². The van der Waals surface area contributed by atoms with Gasteiger partial charge in [-0.2, -0.15) is 0 Å². The molecular formula is C13H11Br2NO2S. The number of hydrogen-bond acceptors (Lipinski definition) is 4. The van der Waals surface area contributed by atoms with Crippen molar-refractivity contribution in [3.05, 3.63) is 43.0 Å². The minimum absolute atomic E-state index is 0.187. The van der Waals surface area contributed by atoms with Gasteiger partial charge in [-0.05, 0) is 61.2 Å². The third-order valence-electron chi connectivity index (χ3n) is 2.94. The summed E-state index contributed by atoms with van der Waals surface area (Å²) >= 11 is 8.63. The Bertz CT molecular complexity index is 615. The molecule has 3 rings (SSSR count). The standard InChI is InChI=1S/C13H11Br2NO2S/c14-11-6-8(13(15)19-11)12(16)7-1-2-9-10(5-7)18-4-3-17-9/h1-2,5-6,12H,3-4,16H2. The van der Waals surface area contributed by atoms with E-state index in [2.05, 4.69) is 31.9 Å². The van der Waals surface area contributed by atoms with Crippen molar-refractivity contribution in [2.75, 3.05) is 13.2 Å². The highest BCUT2D eigenvalue weighted by atomic mass is 79.9. The lowest BCUT2D eigenvalue weighted by molar-refractivity contribution is 0.171. The van der Waals surface area contributed by atoms with E-state index < -0.39 is 0 Å². The molecule has 0 fully saturated rings. The fourth-order valence-electron chi connectivity index (χ4n) is 2.00. The molecule has 0 spiro atoms. The van der Waals surface area contributed by atoms with Crippen molar-refractivity contribution in [1.29, 1.82) is 0 Å². The second kappa shape index (κ2) is 5.44. The molecule has 2 heterocycles. The fraction of sp³-hybridized carbons (Fsp3) is 0.231. The number of rotatable bonds is 2. The van der Waals surface area contributed by atoms with Gasteiger partial charge in [-0.25, -0.2) is 0 Å². The summed E-state index contributed by atoms with van der Waals surface area (Å²) in [5.74, 6) is 1.55. The lowest BCUT2D eigenvalue weighted by atomic mass is 10.0. The average molecular weight is 405 g/mol. The third kappa shape index (κ3) is 2.67. The molecule has 0 saturated carbocycles. The largest absolute Gasteiger partial charge is 0.486 e. The maximum absolute atomic E-state index is 6.32. The maximum atomic E-state index is 6.32. The molecule has 0 radical (unpaired) electrons. The Balaban J connectivity index is 1.95. The summed E-state index contributed by atoms with van der Waals surface area (Å²) < 4.78 is 13.2. The lowest BCUT2D eigenvalue weighted by Crippen LogP contribution is -2.17. The van der Waals surface area contributed by atoms with Crippen LogP contribution in [0.15, 0.2) is 31.8 Å². The Labute approximate surface area is 132 Å². The molecular weight excluding hydrogens is 394 g/mol. The molecule has 0 amide bonds. The van der Waals surface area contributed by atoms with Gasteiger partial charge in [-0.1, -0.05) is 6.07 Å². The topological polar surface area (TPSA) is 44.5 Å². The fourth-order valence-corrected chi connectivity index (χ4v) is 4.93. The highest BCUT2D eigenvalue weighted by Crippen LogP contribution is 2.39. The van der Waals surface area contributed by atoms with E-state index in [9.17, 15) is 0 Å². The number of nitrogens with two attached hydrogens (primary N) is 1. The summed E-state index contributed by atoms with van der Waals surface area (Å²) in [6.45, 7) is 1.18. The van der Waals surface area contributed by atoms with E-state index in [1.807, 2.05) is 24.3 Å². The molecule has 0 bridgehead atoms. The van der Waals surface area contributed by atoms with Gasteiger partial charge in [0.2, 0.25) is 0 Å². The van der Waals surface area contributed by atoms with Crippen molar-refractivity contribution in [2.45, 2.75) is 6.04 Å². The first-order valence-corrected chi connectivity index (χ1v) is 8.15. The van der Waals surface area contributed by atoms with Crippen LogP contribution in [-0.4, -0.2) is 13.2 Å². The Morgan fingerprint density at radius 2 is 1.84 bits per heavy atom. The first-order chi connectivity index (χ1) is 9.15. The second-order valence-electron chi connectivity index (χ2n) is 4.16. The summed E-state index contributed by atoms with van der Waals surface area (Å²) in [4.78, 5) is 0. The number of benzene rings is 1. The third-order valence-corrected chi connectivity index (χ3v) is 5.33. The molecule has 19 heavy (non-hydrogen) atoms. The summed E-state index contributed by atoms with van der Waals surface area (Å²) in [7, 11) is 0. The van der Waals surface area contributed by atoms with Gasteiger partial charge in [-0.15, -0.1) is 11.3 Å². The average Bonchev–Trinajstić information content (AvgIpc) is 2.76. The van der Waals surface area contributed by atoms with Gasteiger partial charge in [-0.3, -0.25) is 0 Å².